The lowest BCUT2D eigenvalue weighted by molar-refractivity contribution is 0.337. The Balaban J connectivity index is 1.89. The number of nitrogens with zero attached hydrogens (tertiary/aromatic N) is 3. The summed E-state index contributed by atoms with van der Waals surface area (Å²) < 4.78 is 2.26. The number of nitrogens with two attached hydrogens (primary N) is 1. The summed E-state index contributed by atoms with van der Waals surface area (Å²) in [5.74, 6) is 2.58. The smallest absolute Gasteiger partial charge is 0.133 e. The number of rotatable bonds is 7. The van der Waals surface area contributed by atoms with Gasteiger partial charge in [0.2, 0.25) is 0 Å². The molecular weight excluding hydrogens is 212 g/mol. The maximum atomic E-state index is 5.67. The molecule has 17 heavy (non-hydrogen) atoms. The Morgan fingerprint density at radius 1 is 1.41 bits per heavy atom. The van der Waals surface area contributed by atoms with Crippen molar-refractivity contribution in [2.45, 2.75) is 52.0 Å². The molecule has 2 rings (SSSR count). The third kappa shape index (κ3) is 3.28. The molecule has 0 bridgehead atoms. The SMILES string of the molecule is CC(C)C(CCN)CCc1nncn1C1CC1. The van der Waals surface area contributed by atoms with E-state index in [1.54, 1.807) is 0 Å². The van der Waals surface area contributed by atoms with E-state index < -0.39 is 0 Å². The predicted octanol–water partition coefficient (Wildman–Crippen LogP) is 2.17. The number of hydrogen-bond donors (Lipinski definition) is 1. The van der Waals surface area contributed by atoms with Crippen LogP contribution in [0.15, 0.2) is 6.33 Å². The van der Waals surface area contributed by atoms with E-state index >= 15 is 0 Å². The molecule has 0 aromatic carbocycles. The van der Waals surface area contributed by atoms with Crippen LogP contribution in [0.1, 0.15) is 51.4 Å². The van der Waals surface area contributed by atoms with Gasteiger partial charge in [0.25, 0.3) is 0 Å². The van der Waals surface area contributed by atoms with Gasteiger partial charge in [0, 0.05) is 12.5 Å². The fourth-order valence-electron chi connectivity index (χ4n) is 2.44. The van der Waals surface area contributed by atoms with Gasteiger partial charge in [-0.25, -0.2) is 0 Å². The Hall–Kier alpha value is -0.900. The zero-order valence-corrected chi connectivity index (χ0v) is 11.0. The van der Waals surface area contributed by atoms with Crippen molar-refractivity contribution in [1.29, 1.82) is 0 Å². The lowest BCUT2D eigenvalue weighted by atomic mass is 9.88. The lowest BCUT2D eigenvalue weighted by Crippen LogP contribution is -2.16. The molecule has 4 nitrogen and oxygen atoms in total. The van der Waals surface area contributed by atoms with Gasteiger partial charge >= 0.3 is 0 Å². The Morgan fingerprint density at radius 2 is 2.18 bits per heavy atom. The van der Waals surface area contributed by atoms with E-state index in [-0.39, 0.29) is 0 Å². The van der Waals surface area contributed by atoms with Crippen LogP contribution in [-0.4, -0.2) is 21.3 Å². The summed E-state index contributed by atoms with van der Waals surface area (Å²) in [5.41, 5.74) is 5.67. The van der Waals surface area contributed by atoms with Crippen molar-refractivity contribution < 1.29 is 0 Å². The molecule has 1 heterocycles. The number of aryl methyl sites for hydroxylation is 1. The standard InChI is InChI=1S/C13H24N4/c1-10(2)11(7-8-14)3-6-13-16-15-9-17(13)12-4-5-12/h9-12H,3-8,14H2,1-2H3. The minimum atomic E-state index is 0.687. The van der Waals surface area contributed by atoms with E-state index in [0.29, 0.717) is 17.9 Å². The summed E-state index contributed by atoms with van der Waals surface area (Å²) in [6, 6.07) is 0.687. The third-order valence-corrected chi connectivity index (χ3v) is 3.81. The van der Waals surface area contributed by atoms with Crippen molar-refractivity contribution in [3.8, 4) is 0 Å². The highest BCUT2D eigenvalue weighted by Crippen LogP contribution is 2.35. The zero-order chi connectivity index (χ0) is 12.3. The Morgan fingerprint density at radius 3 is 2.76 bits per heavy atom. The first-order valence-corrected chi connectivity index (χ1v) is 6.80. The first-order valence-electron chi connectivity index (χ1n) is 6.80. The highest BCUT2D eigenvalue weighted by Gasteiger charge is 2.26. The molecule has 1 aromatic heterocycles. The van der Waals surface area contributed by atoms with Gasteiger partial charge in [-0.3, -0.25) is 0 Å². The van der Waals surface area contributed by atoms with Crippen molar-refractivity contribution >= 4 is 0 Å². The van der Waals surface area contributed by atoms with Gasteiger partial charge in [0.05, 0.1) is 0 Å². The van der Waals surface area contributed by atoms with Crippen LogP contribution in [0, 0.1) is 11.8 Å². The largest absolute Gasteiger partial charge is 0.330 e. The molecule has 0 aliphatic heterocycles. The van der Waals surface area contributed by atoms with Gasteiger partial charge < -0.3 is 10.3 Å². The number of hydrogen-bond acceptors (Lipinski definition) is 3. The number of aromatic nitrogens is 3. The van der Waals surface area contributed by atoms with Gasteiger partial charge in [0.1, 0.15) is 12.2 Å². The normalized spacial score (nSPS) is 17.6. The first kappa shape index (κ1) is 12.6. The van der Waals surface area contributed by atoms with E-state index in [1.807, 2.05) is 6.33 Å². The second-order valence-electron chi connectivity index (χ2n) is 5.51. The average Bonchev–Trinajstić information content (AvgIpc) is 3.04. The van der Waals surface area contributed by atoms with E-state index in [4.69, 9.17) is 5.73 Å². The molecule has 1 atom stereocenters. The molecule has 1 aromatic rings. The van der Waals surface area contributed by atoms with Crippen LogP contribution in [0.2, 0.25) is 0 Å². The van der Waals surface area contributed by atoms with Gasteiger partial charge in [-0.1, -0.05) is 13.8 Å². The molecule has 0 radical (unpaired) electrons. The topological polar surface area (TPSA) is 56.7 Å². The minimum absolute atomic E-state index is 0.687. The van der Waals surface area contributed by atoms with Crippen LogP contribution in [0.3, 0.4) is 0 Å². The molecule has 96 valence electrons. The molecule has 4 heteroatoms. The molecule has 0 spiro atoms. The molecule has 2 N–H and O–H groups in total. The maximum Gasteiger partial charge on any atom is 0.133 e. The molecule has 1 saturated carbocycles. The second-order valence-corrected chi connectivity index (χ2v) is 5.51. The van der Waals surface area contributed by atoms with E-state index in [1.165, 1.54) is 19.3 Å². The van der Waals surface area contributed by atoms with Crippen LogP contribution >= 0.6 is 0 Å². The Kier molecular flexibility index (Phi) is 4.15. The van der Waals surface area contributed by atoms with Crippen LogP contribution < -0.4 is 5.73 Å². The van der Waals surface area contributed by atoms with Gasteiger partial charge in [0.15, 0.2) is 0 Å². The van der Waals surface area contributed by atoms with Crippen molar-refractivity contribution in [1.82, 2.24) is 14.8 Å². The quantitative estimate of drug-likeness (QED) is 0.789. The van der Waals surface area contributed by atoms with Crippen LogP contribution in [0.25, 0.3) is 0 Å². The highest BCUT2D eigenvalue weighted by molar-refractivity contribution is 4.95. The third-order valence-electron chi connectivity index (χ3n) is 3.81. The fraction of sp³-hybridized carbons (Fsp3) is 0.846. The maximum absolute atomic E-state index is 5.67. The second kappa shape index (κ2) is 5.63. The van der Waals surface area contributed by atoms with Gasteiger partial charge in [-0.05, 0) is 44.1 Å². The minimum Gasteiger partial charge on any atom is -0.330 e. The molecule has 0 amide bonds. The summed E-state index contributed by atoms with van der Waals surface area (Å²) >= 11 is 0. The first-order chi connectivity index (χ1) is 8.22. The van der Waals surface area contributed by atoms with Crippen molar-refractivity contribution in [2.24, 2.45) is 17.6 Å². The molecule has 0 saturated heterocycles. The van der Waals surface area contributed by atoms with Crippen LogP contribution in [0.4, 0.5) is 0 Å². The summed E-state index contributed by atoms with van der Waals surface area (Å²) in [4.78, 5) is 0. The summed E-state index contributed by atoms with van der Waals surface area (Å²) in [6.45, 7) is 5.36. The molecule has 1 unspecified atom stereocenters. The highest BCUT2D eigenvalue weighted by atomic mass is 15.3. The molecule has 1 aliphatic carbocycles. The zero-order valence-electron chi connectivity index (χ0n) is 11.0. The van der Waals surface area contributed by atoms with E-state index in [9.17, 15) is 0 Å². The Labute approximate surface area is 104 Å². The van der Waals surface area contributed by atoms with E-state index in [2.05, 4.69) is 28.6 Å². The summed E-state index contributed by atoms with van der Waals surface area (Å²) in [7, 11) is 0. The van der Waals surface area contributed by atoms with E-state index in [0.717, 1.165) is 25.2 Å². The van der Waals surface area contributed by atoms with Gasteiger partial charge in [-0.2, -0.15) is 0 Å². The lowest BCUT2D eigenvalue weighted by Gasteiger charge is -2.19. The average molecular weight is 236 g/mol. The molecular formula is C13H24N4. The van der Waals surface area contributed by atoms with Gasteiger partial charge in [-0.15, -0.1) is 10.2 Å². The van der Waals surface area contributed by atoms with Crippen LogP contribution in [0.5, 0.6) is 0 Å². The molecule has 1 aliphatic rings. The van der Waals surface area contributed by atoms with Crippen molar-refractivity contribution in [3.05, 3.63) is 12.2 Å². The van der Waals surface area contributed by atoms with Crippen LogP contribution in [-0.2, 0) is 6.42 Å². The van der Waals surface area contributed by atoms with Crippen molar-refractivity contribution in [2.75, 3.05) is 6.54 Å². The summed E-state index contributed by atoms with van der Waals surface area (Å²) in [5, 5.41) is 8.29. The summed E-state index contributed by atoms with van der Waals surface area (Å²) in [6.07, 6.45) is 7.82. The fourth-order valence-corrected chi connectivity index (χ4v) is 2.44. The monoisotopic (exact) mass is 236 g/mol. The predicted molar refractivity (Wildman–Crippen MR) is 68.6 cm³/mol. The molecule has 1 fully saturated rings. The van der Waals surface area contributed by atoms with Crippen molar-refractivity contribution in [3.63, 3.8) is 0 Å². The Bertz CT molecular complexity index is 341.